The van der Waals surface area contributed by atoms with Gasteiger partial charge in [-0.3, -0.25) is 33.6 Å². The molecule has 20 nitrogen and oxygen atoms in total. The van der Waals surface area contributed by atoms with Crippen molar-refractivity contribution in [2.24, 2.45) is 11.7 Å². The lowest BCUT2D eigenvalue weighted by atomic mass is 9.94. The van der Waals surface area contributed by atoms with Gasteiger partial charge in [-0.15, -0.1) is 0 Å². The van der Waals surface area contributed by atoms with Crippen molar-refractivity contribution >= 4 is 79.8 Å². The van der Waals surface area contributed by atoms with Crippen LogP contribution in [0, 0.1) is 5.92 Å². The van der Waals surface area contributed by atoms with E-state index < -0.39 is 106 Å². The summed E-state index contributed by atoms with van der Waals surface area (Å²) >= 11 is 0. The summed E-state index contributed by atoms with van der Waals surface area (Å²) in [6.07, 6.45) is 2.00. The van der Waals surface area contributed by atoms with Crippen LogP contribution in [0.15, 0.2) is 109 Å². The number of rotatable bonds is 15. The fourth-order valence-corrected chi connectivity index (χ4v) is 12.3. The van der Waals surface area contributed by atoms with Crippen LogP contribution < -0.4 is 48.3 Å². The Bertz CT molecular complexity index is 2980. The second-order valence-electron chi connectivity index (χ2n) is 20.7. The third kappa shape index (κ3) is 16.1. The number of nitrogens with two attached hydrogens (primary N) is 1. The Labute approximate surface area is 466 Å². The van der Waals surface area contributed by atoms with Gasteiger partial charge in [-0.25, -0.2) is 4.79 Å². The molecule has 1 fully saturated rings. The molecule has 0 radical (unpaired) electrons. The van der Waals surface area contributed by atoms with Crippen LogP contribution in [0.5, 0.6) is 5.75 Å². The van der Waals surface area contributed by atoms with Crippen LogP contribution >= 0.6 is 21.6 Å². The van der Waals surface area contributed by atoms with Gasteiger partial charge in [-0.2, -0.15) is 0 Å². The number of benzene rings is 4. The summed E-state index contributed by atoms with van der Waals surface area (Å²) < 4.78 is -1.26. The van der Waals surface area contributed by atoms with E-state index in [1.165, 1.54) is 12.1 Å². The van der Waals surface area contributed by atoms with Crippen LogP contribution in [0.2, 0.25) is 0 Å². The molecule has 2 aliphatic rings. The number of nitrogens with one attached hydrogen (secondary N) is 9. The highest BCUT2D eigenvalue weighted by Crippen LogP contribution is 2.39. The normalized spacial score (nSPS) is 22.9. The van der Waals surface area contributed by atoms with Gasteiger partial charge in [-0.1, -0.05) is 120 Å². The summed E-state index contributed by atoms with van der Waals surface area (Å²) in [5.41, 5.74) is 10.5. The average Bonchev–Trinajstić information content (AvgIpc) is 3.84. The number of aromatic nitrogens is 1. The van der Waals surface area contributed by atoms with E-state index in [1.54, 1.807) is 76.4 Å². The third-order valence-electron chi connectivity index (χ3n) is 14.0. The minimum absolute atomic E-state index is 0.00147. The largest absolute Gasteiger partial charge is 0.508 e. The SMILES string of the molecule is CC(C)[C@H](NC(=O)[C@@H]1CSSC(C)(C)[C@@H](NC(=O)[C@@H]2Cc3ccccc3CN2)C(=O)N[C@@H](Cc2ccccc2)C(=O)N[C@H](Cc2c[nH]c3ccccc23)C(=O)N[C@@H](CCCN)C(=O)N[C@@H](Cc2ccc(O)cc2)C(=O)N1)C(=O)O. The molecule has 0 unspecified atom stereocenters. The number of fused-ring (bicyclic) bond motifs is 2. The summed E-state index contributed by atoms with van der Waals surface area (Å²) in [6.45, 7) is 7.15. The number of aromatic hydroxyl groups is 1. The number of carbonyl (C=O) groups is 8. The molecule has 0 spiro atoms. The molecule has 1 saturated heterocycles. The van der Waals surface area contributed by atoms with Gasteiger partial charge in [0.25, 0.3) is 0 Å². The van der Waals surface area contributed by atoms with Crippen molar-refractivity contribution in [2.75, 3.05) is 12.3 Å². The molecule has 420 valence electrons. The van der Waals surface area contributed by atoms with Gasteiger partial charge in [0.2, 0.25) is 41.4 Å². The number of carboxylic acids is 1. The number of phenolic OH excluding ortho intramolecular Hbond substituents is 1. The highest BCUT2D eigenvalue weighted by atomic mass is 33.1. The molecular formula is C57H70N10O10S2. The zero-order chi connectivity index (χ0) is 56.8. The van der Waals surface area contributed by atoms with Gasteiger partial charge in [0.1, 0.15) is 48.0 Å². The van der Waals surface area contributed by atoms with Gasteiger partial charge < -0.3 is 63.5 Å². The number of para-hydroxylation sites is 1. The lowest BCUT2D eigenvalue weighted by Crippen LogP contribution is -2.63. The zero-order valence-electron chi connectivity index (χ0n) is 44.5. The van der Waals surface area contributed by atoms with Crippen LogP contribution in [0.1, 0.15) is 68.4 Å². The molecule has 0 bridgehead atoms. The molecular weight excluding hydrogens is 1050 g/mol. The molecule has 4 aromatic carbocycles. The van der Waals surface area contributed by atoms with E-state index >= 15 is 9.59 Å². The Kier molecular flexibility index (Phi) is 20.6. The van der Waals surface area contributed by atoms with Crippen LogP contribution in [0.25, 0.3) is 10.9 Å². The fourth-order valence-electron chi connectivity index (χ4n) is 9.49. The maximum absolute atomic E-state index is 15.2. The quantitative estimate of drug-likeness (QED) is 0.0672. The van der Waals surface area contributed by atoms with Crippen molar-refractivity contribution in [1.29, 1.82) is 0 Å². The number of aliphatic carboxylic acids is 1. The second kappa shape index (κ2) is 27.5. The number of hydrogen-bond acceptors (Lipinski definition) is 13. The Hall–Kier alpha value is -7.40. The smallest absolute Gasteiger partial charge is 0.326 e. The van der Waals surface area contributed by atoms with Gasteiger partial charge in [0.05, 0.1) is 6.04 Å². The minimum atomic E-state index is -1.45. The number of H-pyrrole nitrogens is 1. The van der Waals surface area contributed by atoms with Crippen LogP contribution in [-0.4, -0.2) is 128 Å². The summed E-state index contributed by atoms with van der Waals surface area (Å²) in [7, 11) is 2.17. The molecule has 0 saturated carbocycles. The zero-order valence-corrected chi connectivity index (χ0v) is 46.1. The second-order valence-corrected chi connectivity index (χ2v) is 23.7. The first-order valence-electron chi connectivity index (χ1n) is 26.3. The summed E-state index contributed by atoms with van der Waals surface area (Å²) in [4.78, 5) is 119. The topological polar surface area (TPSA) is 315 Å². The van der Waals surface area contributed by atoms with Crippen molar-refractivity contribution in [1.82, 2.24) is 47.5 Å². The standard InChI is InChI=1S/C57H70N10O10S2/c1-32(2)47(56(76)77)66-54(74)46-31-78-79-57(3,4)48(67-50(70)42-27-35-15-8-9-16-36(35)29-60-42)55(75)64-44(25-33-13-6-5-7-14-33)51(71)63-45(28-37-30-59-40-18-11-10-17-39(37)40)53(73)61-41(19-12-24-58)49(69)62-43(52(72)65-46)26-34-20-22-38(68)23-21-34/h5-11,13-18,20-23,30,32,41-48,59-60,68H,12,19,24-29,31,58H2,1-4H3,(H,61,73)(H,62,69)(H,63,71)(H,64,75)(H,65,72)(H,66,74)(H,67,70)(H,76,77)/t41-,42-,43-,44-,45+,46-,47-,48-/m0/s1. The fraction of sp³-hybridized carbons (Fsp3) is 0.404. The van der Waals surface area contributed by atoms with Crippen molar-refractivity contribution in [3.05, 3.63) is 137 Å². The van der Waals surface area contributed by atoms with Crippen molar-refractivity contribution in [2.45, 2.75) is 126 Å². The predicted octanol–water partition coefficient (Wildman–Crippen LogP) is 2.66. The van der Waals surface area contributed by atoms with E-state index in [0.29, 0.717) is 29.7 Å². The lowest BCUT2D eigenvalue weighted by Gasteiger charge is -2.36. The molecule has 8 atom stereocenters. The van der Waals surface area contributed by atoms with Crippen molar-refractivity contribution in [3.63, 3.8) is 0 Å². The van der Waals surface area contributed by atoms with E-state index in [-0.39, 0.29) is 50.2 Å². The lowest BCUT2D eigenvalue weighted by molar-refractivity contribution is -0.143. The minimum Gasteiger partial charge on any atom is -0.508 e. The first-order chi connectivity index (χ1) is 37.8. The van der Waals surface area contributed by atoms with Crippen molar-refractivity contribution < 1.29 is 48.6 Å². The van der Waals surface area contributed by atoms with Gasteiger partial charge in [0, 0.05) is 53.4 Å². The number of phenols is 1. The highest BCUT2D eigenvalue weighted by Gasteiger charge is 2.42. The Morgan fingerprint density at radius 3 is 1.91 bits per heavy atom. The molecule has 2 aliphatic heterocycles. The Morgan fingerprint density at radius 2 is 1.25 bits per heavy atom. The summed E-state index contributed by atoms with van der Waals surface area (Å²) in [6, 6.07) is 19.6. The first kappa shape index (κ1) is 59.3. The third-order valence-corrected chi connectivity index (χ3v) is 17.3. The molecule has 79 heavy (non-hydrogen) atoms. The molecule has 22 heteroatoms. The number of aromatic amines is 1. The Morgan fingerprint density at radius 1 is 0.684 bits per heavy atom. The van der Waals surface area contributed by atoms with Crippen LogP contribution in [0.3, 0.4) is 0 Å². The predicted molar refractivity (Wildman–Crippen MR) is 303 cm³/mol. The van der Waals surface area contributed by atoms with E-state index in [1.807, 2.05) is 48.5 Å². The maximum atomic E-state index is 15.2. The Balaban J connectivity index is 1.31. The maximum Gasteiger partial charge on any atom is 0.326 e. The van der Waals surface area contributed by atoms with Gasteiger partial charge >= 0.3 is 5.97 Å². The van der Waals surface area contributed by atoms with E-state index in [4.69, 9.17) is 5.73 Å². The summed E-state index contributed by atoms with van der Waals surface area (Å²) in [5, 5.41) is 44.0. The van der Waals surface area contributed by atoms with E-state index in [0.717, 1.165) is 43.6 Å². The molecule has 7 amide bonds. The van der Waals surface area contributed by atoms with Gasteiger partial charge in [-0.05, 0) is 91.6 Å². The molecule has 7 rings (SSSR count). The molecule has 1 aromatic heterocycles. The summed E-state index contributed by atoms with van der Waals surface area (Å²) in [5.74, 6) is -7.40. The highest BCUT2D eigenvalue weighted by molar-refractivity contribution is 8.77. The van der Waals surface area contributed by atoms with Crippen LogP contribution in [0.4, 0.5) is 0 Å². The first-order valence-corrected chi connectivity index (χ1v) is 28.6. The van der Waals surface area contributed by atoms with E-state index in [2.05, 4.69) is 47.5 Å². The van der Waals surface area contributed by atoms with Crippen LogP contribution in [-0.2, 0) is 70.6 Å². The number of amides is 7. The molecule has 3 heterocycles. The number of carbonyl (C=O) groups excluding carboxylic acids is 7. The van der Waals surface area contributed by atoms with E-state index in [9.17, 15) is 39.0 Å². The molecule has 13 N–H and O–H groups in total. The monoisotopic (exact) mass is 1120 g/mol. The number of carboxylic acid groups (broad SMARTS) is 1. The molecule has 5 aromatic rings. The average molecular weight is 1120 g/mol. The number of hydrogen-bond donors (Lipinski definition) is 12. The van der Waals surface area contributed by atoms with Crippen molar-refractivity contribution in [3.8, 4) is 5.75 Å². The van der Waals surface area contributed by atoms with Gasteiger partial charge in [0.15, 0.2) is 0 Å². The molecule has 0 aliphatic carbocycles.